The summed E-state index contributed by atoms with van der Waals surface area (Å²) in [6, 6.07) is 11.8. The first-order valence-electron chi connectivity index (χ1n) is 6.05. The van der Waals surface area contributed by atoms with Crippen LogP contribution in [0.25, 0.3) is 0 Å². The molecule has 108 valence electrons. The summed E-state index contributed by atoms with van der Waals surface area (Å²) in [6.45, 7) is 0. The molecule has 0 unspecified atom stereocenters. The largest absolute Gasteiger partial charge is 0.383 e. The Labute approximate surface area is 134 Å². The Balaban J connectivity index is 2.40. The van der Waals surface area contributed by atoms with Crippen molar-refractivity contribution >= 4 is 45.6 Å². The Kier molecular flexibility index (Phi) is 4.73. The van der Waals surface area contributed by atoms with Gasteiger partial charge < -0.3 is 10.6 Å². The van der Waals surface area contributed by atoms with Crippen LogP contribution in [0, 0.1) is 13.7 Å². The molecule has 2 rings (SSSR count). The van der Waals surface area contributed by atoms with Crippen LogP contribution >= 0.6 is 22.6 Å². The number of halogens is 1. The van der Waals surface area contributed by atoms with Crippen molar-refractivity contribution in [2.75, 3.05) is 17.7 Å². The number of anilines is 2. The molecule has 7 heteroatoms. The fourth-order valence-electron chi connectivity index (χ4n) is 1.88. The van der Waals surface area contributed by atoms with Crippen LogP contribution in [0.4, 0.5) is 17.1 Å². The smallest absolute Gasteiger partial charge is 0.305 e. The monoisotopic (exact) mass is 397 g/mol. The third kappa shape index (κ3) is 3.30. The number of carbonyl (C=O) groups excluding carboxylic acids is 1. The number of nitro benzene ring substituents is 1. The Bertz CT molecular complexity index is 704. The van der Waals surface area contributed by atoms with Crippen molar-refractivity contribution < 1.29 is 9.72 Å². The minimum absolute atomic E-state index is 0.0199. The Morgan fingerprint density at radius 3 is 2.43 bits per heavy atom. The fraction of sp³-hybridized carbons (Fsp3) is 0.0714. The molecule has 0 saturated heterocycles. The van der Waals surface area contributed by atoms with E-state index in [0.717, 1.165) is 3.57 Å². The zero-order valence-electron chi connectivity index (χ0n) is 11.1. The van der Waals surface area contributed by atoms with Crippen LogP contribution in [0.3, 0.4) is 0 Å². The highest BCUT2D eigenvalue weighted by Gasteiger charge is 2.24. The molecular formula is C14H12IN3O3. The lowest BCUT2D eigenvalue weighted by atomic mass is 10.1. The second-order valence-electron chi connectivity index (χ2n) is 4.14. The molecule has 0 aliphatic carbocycles. The third-order valence-electron chi connectivity index (χ3n) is 2.85. The molecule has 0 radical (unpaired) electrons. The lowest BCUT2D eigenvalue weighted by Gasteiger charge is -2.09. The summed E-state index contributed by atoms with van der Waals surface area (Å²) < 4.78 is 0.857. The molecule has 0 bridgehead atoms. The first-order valence-corrected chi connectivity index (χ1v) is 7.13. The van der Waals surface area contributed by atoms with Crippen LogP contribution in [0.5, 0.6) is 0 Å². The number of benzene rings is 2. The van der Waals surface area contributed by atoms with Crippen LogP contribution in [0.1, 0.15) is 10.4 Å². The van der Waals surface area contributed by atoms with E-state index in [0.29, 0.717) is 11.4 Å². The summed E-state index contributed by atoms with van der Waals surface area (Å²) >= 11 is 2.09. The minimum atomic E-state index is -0.559. The summed E-state index contributed by atoms with van der Waals surface area (Å²) in [5.41, 5.74) is 0.706. The lowest BCUT2D eigenvalue weighted by molar-refractivity contribution is -0.384. The summed E-state index contributed by atoms with van der Waals surface area (Å²) in [5, 5.41) is 16.6. The van der Waals surface area contributed by atoms with Crippen molar-refractivity contribution in [3.8, 4) is 0 Å². The van der Waals surface area contributed by atoms with Crippen LogP contribution in [-0.2, 0) is 0 Å². The average molecular weight is 397 g/mol. The first-order chi connectivity index (χ1) is 10.0. The zero-order valence-corrected chi connectivity index (χ0v) is 13.2. The van der Waals surface area contributed by atoms with Gasteiger partial charge in [0.05, 0.1) is 10.6 Å². The number of rotatable bonds is 4. The summed E-state index contributed by atoms with van der Waals surface area (Å²) in [6.07, 6.45) is 0. The van der Waals surface area contributed by atoms with Crippen molar-refractivity contribution in [2.24, 2.45) is 0 Å². The lowest BCUT2D eigenvalue weighted by Crippen LogP contribution is -2.15. The topological polar surface area (TPSA) is 84.3 Å². The van der Waals surface area contributed by atoms with E-state index in [2.05, 4.69) is 33.2 Å². The molecule has 0 aromatic heterocycles. The molecular weight excluding hydrogens is 385 g/mol. The van der Waals surface area contributed by atoms with Gasteiger partial charge in [-0.05, 0) is 46.9 Å². The number of carbonyl (C=O) groups is 1. The minimum Gasteiger partial charge on any atom is -0.383 e. The van der Waals surface area contributed by atoms with E-state index in [4.69, 9.17) is 0 Å². The molecule has 0 aliphatic heterocycles. The van der Waals surface area contributed by atoms with Crippen LogP contribution < -0.4 is 10.6 Å². The Morgan fingerprint density at radius 2 is 1.81 bits per heavy atom. The maximum atomic E-state index is 12.3. The third-order valence-corrected chi connectivity index (χ3v) is 3.80. The SMILES string of the molecule is CNc1cccc(C(=O)Nc2ccccc2I)c1[N+](=O)[O-]. The van der Waals surface area contributed by atoms with Crippen molar-refractivity contribution in [1.29, 1.82) is 0 Å². The van der Waals surface area contributed by atoms with Gasteiger partial charge in [-0.1, -0.05) is 18.2 Å². The van der Waals surface area contributed by atoms with Crippen LogP contribution in [-0.4, -0.2) is 17.9 Å². The molecule has 2 aromatic rings. The van der Waals surface area contributed by atoms with Gasteiger partial charge in [-0.2, -0.15) is 0 Å². The van der Waals surface area contributed by atoms with Gasteiger partial charge >= 0.3 is 5.69 Å². The highest BCUT2D eigenvalue weighted by atomic mass is 127. The highest BCUT2D eigenvalue weighted by Crippen LogP contribution is 2.29. The van der Waals surface area contributed by atoms with E-state index in [1.807, 2.05) is 12.1 Å². The molecule has 6 nitrogen and oxygen atoms in total. The maximum absolute atomic E-state index is 12.3. The molecule has 0 spiro atoms. The van der Waals surface area contributed by atoms with E-state index >= 15 is 0 Å². The van der Waals surface area contributed by atoms with Crippen molar-refractivity contribution in [3.63, 3.8) is 0 Å². The highest BCUT2D eigenvalue weighted by molar-refractivity contribution is 14.1. The van der Waals surface area contributed by atoms with Gasteiger partial charge in [-0.25, -0.2) is 0 Å². The van der Waals surface area contributed by atoms with Gasteiger partial charge in [0.15, 0.2) is 0 Å². The predicted octanol–water partition coefficient (Wildman–Crippen LogP) is 3.49. The molecule has 21 heavy (non-hydrogen) atoms. The molecule has 0 saturated carbocycles. The molecule has 2 aromatic carbocycles. The van der Waals surface area contributed by atoms with Gasteiger partial charge in [-0.3, -0.25) is 14.9 Å². The maximum Gasteiger partial charge on any atom is 0.305 e. The molecule has 2 N–H and O–H groups in total. The normalized spacial score (nSPS) is 10.0. The van der Waals surface area contributed by atoms with Gasteiger partial charge in [-0.15, -0.1) is 0 Å². The Hall–Kier alpha value is -2.16. The Morgan fingerprint density at radius 1 is 1.14 bits per heavy atom. The quantitative estimate of drug-likeness (QED) is 0.470. The van der Waals surface area contributed by atoms with Gasteiger partial charge in [0.2, 0.25) is 0 Å². The second-order valence-corrected chi connectivity index (χ2v) is 5.31. The number of hydrogen-bond acceptors (Lipinski definition) is 4. The van der Waals surface area contributed by atoms with Gasteiger partial charge in [0.1, 0.15) is 11.3 Å². The number of para-hydroxylation sites is 2. The van der Waals surface area contributed by atoms with Gasteiger partial charge in [0, 0.05) is 10.6 Å². The number of nitrogens with zero attached hydrogens (tertiary/aromatic N) is 1. The fourth-order valence-corrected chi connectivity index (χ4v) is 2.40. The van der Waals surface area contributed by atoms with E-state index in [9.17, 15) is 14.9 Å². The molecule has 1 amide bonds. The summed E-state index contributed by atoms with van der Waals surface area (Å²) in [7, 11) is 1.57. The second kappa shape index (κ2) is 6.53. The molecule has 0 aliphatic rings. The molecule has 0 fully saturated rings. The van der Waals surface area contributed by atoms with Crippen LogP contribution in [0.2, 0.25) is 0 Å². The van der Waals surface area contributed by atoms with Crippen molar-refractivity contribution in [1.82, 2.24) is 0 Å². The first kappa shape index (κ1) is 15.2. The van der Waals surface area contributed by atoms with Crippen LogP contribution in [0.15, 0.2) is 42.5 Å². The summed E-state index contributed by atoms with van der Waals surface area (Å²) in [5.74, 6) is -0.511. The van der Waals surface area contributed by atoms with Crippen molar-refractivity contribution in [2.45, 2.75) is 0 Å². The van der Waals surface area contributed by atoms with E-state index in [1.54, 1.807) is 31.3 Å². The number of nitrogens with one attached hydrogen (secondary N) is 2. The molecule has 0 heterocycles. The zero-order chi connectivity index (χ0) is 15.4. The van der Waals surface area contributed by atoms with Crippen molar-refractivity contribution in [3.05, 3.63) is 61.7 Å². The average Bonchev–Trinajstić information content (AvgIpc) is 2.48. The number of amides is 1. The van der Waals surface area contributed by atoms with E-state index < -0.39 is 10.8 Å². The van der Waals surface area contributed by atoms with E-state index in [1.165, 1.54) is 6.07 Å². The van der Waals surface area contributed by atoms with Gasteiger partial charge in [0.25, 0.3) is 5.91 Å². The number of nitro groups is 1. The predicted molar refractivity (Wildman–Crippen MR) is 89.8 cm³/mol. The molecule has 0 atom stereocenters. The number of hydrogen-bond donors (Lipinski definition) is 2. The standard InChI is InChI=1S/C14H12IN3O3/c1-16-12-8-4-5-9(13(12)18(20)21)14(19)17-11-7-3-2-6-10(11)15/h2-8,16H,1H3,(H,17,19). The summed E-state index contributed by atoms with van der Waals surface area (Å²) in [4.78, 5) is 23.0. The van der Waals surface area contributed by atoms with E-state index in [-0.39, 0.29) is 11.3 Å².